The molecule has 0 radical (unpaired) electrons. The molecule has 0 aromatic carbocycles. The van der Waals surface area contributed by atoms with E-state index in [0.717, 1.165) is 13.2 Å². The predicted molar refractivity (Wildman–Crippen MR) is 64.3 cm³/mol. The molecule has 0 fully saturated rings. The molecule has 1 aromatic heterocycles. The van der Waals surface area contributed by atoms with E-state index in [0.29, 0.717) is 6.54 Å². The maximum Gasteiger partial charge on any atom is 0.352 e. The van der Waals surface area contributed by atoms with Crippen LogP contribution in [0.5, 0.6) is 0 Å². The molecule has 106 valence electrons. The Kier molecular flexibility index (Phi) is 4.67. The Morgan fingerprint density at radius 2 is 2.11 bits per heavy atom. The fraction of sp³-hybridized carbons (Fsp3) is 0.400. The zero-order valence-corrected chi connectivity index (χ0v) is 11.2. The monoisotopic (exact) mass is 290 g/mol. The predicted octanol–water partition coefficient (Wildman–Crippen LogP) is -0.342. The average Bonchev–Trinajstić information content (AvgIpc) is 2.81. The molecule has 0 aliphatic rings. The van der Waals surface area contributed by atoms with Crippen LogP contribution in [0.4, 0.5) is 0 Å². The first-order chi connectivity index (χ1) is 8.81. The van der Waals surface area contributed by atoms with Crippen molar-refractivity contribution in [3.63, 3.8) is 0 Å². The minimum Gasteiger partial charge on any atom is -0.477 e. The second-order valence-corrected chi connectivity index (χ2v) is 5.32. The second kappa shape index (κ2) is 5.85. The van der Waals surface area contributed by atoms with Crippen molar-refractivity contribution in [3.05, 3.63) is 18.0 Å². The molecule has 0 saturated heterocycles. The van der Waals surface area contributed by atoms with Crippen molar-refractivity contribution in [1.82, 2.24) is 9.29 Å². The number of nitrogens with one attached hydrogen (secondary N) is 1. The number of aryl methyl sites for hydroxylation is 1. The number of carbonyl (C=O) groups excluding carboxylic acids is 1. The van der Waals surface area contributed by atoms with Crippen molar-refractivity contribution in [2.75, 3.05) is 13.7 Å². The molecule has 0 saturated carbocycles. The van der Waals surface area contributed by atoms with Gasteiger partial charge in [0.15, 0.2) is 0 Å². The van der Waals surface area contributed by atoms with Gasteiger partial charge in [-0.25, -0.2) is 13.2 Å². The van der Waals surface area contributed by atoms with Gasteiger partial charge in [-0.3, -0.25) is 4.79 Å². The molecule has 0 aliphatic carbocycles. The molecular weight excluding hydrogens is 276 g/mol. The van der Waals surface area contributed by atoms with Crippen molar-refractivity contribution in [1.29, 1.82) is 0 Å². The van der Waals surface area contributed by atoms with Gasteiger partial charge in [0.05, 0.1) is 7.11 Å². The van der Waals surface area contributed by atoms with E-state index < -0.39 is 28.5 Å². The maximum absolute atomic E-state index is 11.8. The number of carboxylic acids is 1. The number of carbonyl (C=O) groups is 2. The van der Waals surface area contributed by atoms with Crippen LogP contribution < -0.4 is 4.72 Å². The van der Waals surface area contributed by atoms with Gasteiger partial charge in [0.1, 0.15) is 17.1 Å². The lowest BCUT2D eigenvalue weighted by atomic mass is 10.4. The fourth-order valence-electron chi connectivity index (χ4n) is 1.38. The first-order valence-electron chi connectivity index (χ1n) is 5.31. The third-order valence-electron chi connectivity index (χ3n) is 2.38. The minimum absolute atomic E-state index is 0.138. The smallest absolute Gasteiger partial charge is 0.352 e. The summed E-state index contributed by atoms with van der Waals surface area (Å²) in [6, 6.07) is 1.03. The summed E-state index contributed by atoms with van der Waals surface area (Å²) in [5, 5.41) is 8.92. The molecule has 2 N–H and O–H groups in total. The summed E-state index contributed by atoms with van der Waals surface area (Å²) in [6.45, 7) is 1.48. The van der Waals surface area contributed by atoms with Crippen LogP contribution in [0.15, 0.2) is 17.2 Å². The van der Waals surface area contributed by atoms with Crippen LogP contribution in [0.2, 0.25) is 0 Å². The van der Waals surface area contributed by atoms with Crippen LogP contribution in [0.25, 0.3) is 0 Å². The zero-order valence-electron chi connectivity index (χ0n) is 10.4. The molecule has 1 heterocycles. The maximum atomic E-state index is 11.8. The van der Waals surface area contributed by atoms with Gasteiger partial charge in [0.25, 0.3) is 0 Å². The largest absolute Gasteiger partial charge is 0.477 e. The molecule has 8 nitrogen and oxygen atoms in total. The molecule has 0 aliphatic heterocycles. The van der Waals surface area contributed by atoms with Gasteiger partial charge in [-0.2, -0.15) is 4.72 Å². The van der Waals surface area contributed by atoms with E-state index in [1.54, 1.807) is 6.92 Å². The van der Waals surface area contributed by atoms with Crippen LogP contribution in [0.3, 0.4) is 0 Å². The van der Waals surface area contributed by atoms with Crippen molar-refractivity contribution in [3.8, 4) is 0 Å². The molecule has 19 heavy (non-hydrogen) atoms. The van der Waals surface area contributed by atoms with Crippen LogP contribution >= 0.6 is 0 Å². The normalized spacial score (nSPS) is 11.3. The molecule has 0 spiro atoms. The molecule has 0 amide bonds. The summed E-state index contributed by atoms with van der Waals surface area (Å²) >= 11 is 0. The molecule has 0 bridgehead atoms. The van der Waals surface area contributed by atoms with Gasteiger partial charge >= 0.3 is 11.9 Å². The number of sulfonamides is 1. The highest BCUT2D eigenvalue weighted by atomic mass is 32.2. The quantitative estimate of drug-likeness (QED) is 0.692. The van der Waals surface area contributed by atoms with E-state index in [9.17, 15) is 18.0 Å². The second-order valence-electron chi connectivity index (χ2n) is 3.55. The Morgan fingerprint density at radius 3 is 2.53 bits per heavy atom. The Labute approximate surface area is 110 Å². The van der Waals surface area contributed by atoms with Crippen LogP contribution in [0.1, 0.15) is 17.4 Å². The first kappa shape index (κ1) is 15.2. The molecule has 1 rings (SSSR count). The summed E-state index contributed by atoms with van der Waals surface area (Å²) < 4.78 is 31.3. The van der Waals surface area contributed by atoms with E-state index in [1.165, 1.54) is 10.8 Å². The number of ether oxygens (including phenoxy) is 1. The highest BCUT2D eigenvalue weighted by molar-refractivity contribution is 7.89. The first-order valence-corrected chi connectivity index (χ1v) is 6.80. The number of carboxylic acid groups (broad SMARTS) is 1. The zero-order chi connectivity index (χ0) is 14.6. The van der Waals surface area contributed by atoms with Crippen molar-refractivity contribution in [2.45, 2.75) is 18.4 Å². The van der Waals surface area contributed by atoms with Crippen LogP contribution in [-0.2, 0) is 26.1 Å². The van der Waals surface area contributed by atoms with E-state index in [4.69, 9.17) is 5.11 Å². The Bertz CT molecular complexity index is 589. The Balaban J connectivity index is 3.02. The number of rotatable bonds is 6. The lowest BCUT2D eigenvalue weighted by Gasteiger charge is -2.03. The third kappa shape index (κ3) is 3.55. The number of methoxy groups -OCH3 is 1. The summed E-state index contributed by atoms with van der Waals surface area (Å²) in [6.07, 6.45) is 1.20. The summed E-state index contributed by atoms with van der Waals surface area (Å²) in [7, 11) is -2.81. The van der Waals surface area contributed by atoms with Gasteiger partial charge in [0.2, 0.25) is 10.0 Å². The third-order valence-corrected chi connectivity index (χ3v) is 3.74. The van der Waals surface area contributed by atoms with E-state index in [-0.39, 0.29) is 10.6 Å². The average molecular weight is 290 g/mol. The lowest BCUT2D eigenvalue weighted by Crippen LogP contribution is -2.30. The molecule has 9 heteroatoms. The molecule has 0 atom stereocenters. The highest BCUT2D eigenvalue weighted by Gasteiger charge is 2.21. The van der Waals surface area contributed by atoms with E-state index >= 15 is 0 Å². The van der Waals surface area contributed by atoms with Crippen molar-refractivity contribution in [2.24, 2.45) is 0 Å². The van der Waals surface area contributed by atoms with E-state index in [2.05, 4.69) is 4.74 Å². The molecular formula is C10H14N2O6S. The van der Waals surface area contributed by atoms with Gasteiger partial charge in [0, 0.05) is 12.7 Å². The SMILES string of the molecule is CCn1cc(S(=O)(=O)NCC(=O)OC)cc1C(=O)O. The minimum atomic E-state index is -3.95. The van der Waals surface area contributed by atoms with E-state index in [1.807, 2.05) is 4.72 Å². The number of aromatic carboxylic acids is 1. The topological polar surface area (TPSA) is 115 Å². The number of hydrogen-bond donors (Lipinski definition) is 2. The summed E-state index contributed by atoms with van der Waals surface area (Å²) in [5.74, 6) is -1.96. The van der Waals surface area contributed by atoms with Gasteiger partial charge in [-0.05, 0) is 13.0 Å². The summed E-state index contributed by atoms with van der Waals surface area (Å²) in [4.78, 5) is 21.6. The van der Waals surface area contributed by atoms with Crippen LogP contribution in [0, 0.1) is 0 Å². The molecule has 1 aromatic rings. The van der Waals surface area contributed by atoms with Gasteiger partial charge in [-0.15, -0.1) is 0 Å². The lowest BCUT2D eigenvalue weighted by molar-refractivity contribution is -0.139. The van der Waals surface area contributed by atoms with Crippen molar-refractivity contribution >= 4 is 22.0 Å². The number of aromatic nitrogens is 1. The number of nitrogens with zero attached hydrogens (tertiary/aromatic N) is 1. The van der Waals surface area contributed by atoms with Gasteiger partial charge < -0.3 is 14.4 Å². The highest BCUT2D eigenvalue weighted by Crippen LogP contribution is 2.14. The number of esters is 1. The standard InChI is InChI=1S/C10H14N2O6S/c1-3-12-6-7(4-8(12)10(14)15)19(16,17)11-5-9(13)18-2/h4,6,11H,3,5H2,1-2H3,(H,14,15). The Hall–Kier alpha value is -1.87. The summed E-state index contributed by atoms with van der Waals surface area (Å²) in [5.41, 5.74) is -0.138. The number of hydrogen-bond acceptors (Lipinski definition) is 5. The van der Waals surface area contributed by atoms with Crippen LogP contribution in [-0.4, -0.2) is 43.7 Å². The molecule has 0 unspecified atom stereocenters. The van der Waals surface area contributed by atoms with Crippen molar-refractivity contribution < 1.29 is 27.9 Å². The fourth-order valence-corrected chi connectivity index (χ4v) is 2.39. The van der Waals surface area contributed by atoms with Gasteiger partial charge in [-0.1, -0.05) is 0 Å². The Morgan fingerprint density at radius 1 is 1.47 bits per heavy atom.